The minimum Gasteiger partial charge on any atom is -0.497 e. The van der Waals surface area contributed by atoms with E-state index < -0.39 is 0 Å². The molecule has 0 radical (unpaired) electrons. The quantitative estimate of drug-likeness (QED) is 0.908. The third-order valence-corrected chi connectivity index (χ3v) is 3.48. The van der Waals surface area contributed by atoms with Crippen molar-refractivity contribution < 1.29 is 9.53 Å². The van der Waals surface area contributed by atoms with Crippen LogP contribution in [0.1, 0.15) is 15.9 Å². The second kappa shape index (κ2) is 7.01. The van der Waals surface area contributed by atoms with E-state index in [1.165, 1.54) is 5.56 Å². The number of thioether (sulfide) groups is 1. The van der Waals surface area contributed by atoms with E-state index in [-0.39, 0.29) is 5.91 Å². The molecular weight excluding hydrogens is 270 g/mol. The second-order valence-corrected chi connectivity index (χ2v) is 5.18. The highest BCUT2D eigenvalue weighted by Crippen LogP contribution is 2.18. The lowest BCUT2D eigenvalue weighted by atomic mass is 10.1. The average Bonchev–Trinajstić information content (AvgIpc) is 2.48. The Hall–Kier alpha value is -1.94. The van der Waals surface area contributed by atoms with Crippen LogP contribution in [0.25, 0.3) is 0 Å². The molecule has 0 aliphatic rings. The first kappa shape index (κ1) is 14.5. The summed E-state index contributed by atoms with van der Waals surface area (Å²) in [5, 5.41) is 2.86. The van der Waals surface area contributed by atoms with Crippen LogP contribution in [0, 0.1) is 0 Å². The second-order valence-electron chi connectivity index (χ2n) is 4.32. The standard InChI is InChI=1S/C16H17NO2S/c1-19-15-5-3-4-14(10-15)17-16(18)13-8-6-12(7-9-13)11-20-2/h3-10H,11H2,1-2H3,(H,17,18). The van der Waals surface area contributed by atoms with Gasteiger partial charge >= 0.3 is 0 Å². The molecule has 1 N–H and O–H groups in total. The summed E-state index contributed by atoms with van der Waals surface area (Å²) in [4.78, 5) is 12.1. The molecule has 0 bridgehead atoms. The maximum absolute atomic E-state index is 12.1. The van der Waals surface area contributed by atoms with E-state index >= 15 is 0 Å². The van der Waals surface area contributed by atoms with E-state index in [1.807, 2.05) is 42.5 Å². The van der Waals surface area contributed by atoms with Crippen LogP contribution in [0.5, 0.6) is 5.75 Å². The monoisotopic (exact) mass is 287 g/mol. The number of nitrogens with one attached hydrogen (secondary N) is 1. The zero-order chi connectivity index (χ0) is 14.4. The Morgan fingerprint density at radius 2 is 1.95 bits per heavy atom. The van der Waals surface area contributed by atoms with E-state index in [2.05, 4.69) is 11.6 Å². The maximum atomic E-state index is 12.1. The summed E-state index contributed by atoms with van der Waals surface area (Å²) in [6.45, 7) is 0. The lowest BCUT2D eigenvalue weighted by Crippen LogP contribution is -2.11. The van der Waals surface area contributed by atoms with Crippen LogP contribution in [0.2, 0.25) is 0 Å². The van der Waals surface area contributed by atoms with Crippen LogP contribution in [0.4, 0.5) is 5.69 Å². The molecule has 104 valence electrons. The van der Waals surface area contributed by atoms with Crippen molar-refractivity contribution in [2.24, 2.45) is 0 Å². The smallest absolute Gasteiger partial charge is 0.255 e. The summed E-state index contributed by atoms with van der Waals surface area (Å²) < 4.78 is 5.13. The van der Waals surface area contributed by atoms with Crippen LogP contribution in [0.15, 0.2) is 48.5 Å². The molecule has 0 saturated heterocycles. The topological polar surface area (TPSA) is 38.3 Å². The van der Waals surface area contributed by atoms with Crippen molar-refractivity contribution in [1.29, 1.82) is 0 Å². The van der Waals surface area contributed by atoms with Crippen molar-refractivity contribution >= 4 is 23.4 Å². The molecule has 2 rings (SSSR count). The molecule has 20 heavy (non-hydrogen) atoms. The molecule has 0 aliphatic carbocycles. The Kier molecular flexibility index (Phi) is 5.07. The number of anilines is 1. The predicted octanol–water partition coefficient (Wildman–Crippen LogP) is 3.81. The minimum atomic E-state index is -0.117. The molecule has 1 amide bonds. The molecule has 0 aliphatic heterocycles. The van der Waals surface area contributed by atoms with Gasteiger partial charge in [0.2, 0.25) is 0 Å². The van der Waals surface area contributed by atoms with Gasteiger partial charge < -0.3 is 10.1 Å². The number of benzene rings is 2. The third kappa shape index (κ3) is 3.78. The summed E-state index contributed by atoms with van der Waals surface area (Å²) in [6, 6.07) is 15.0. The van der Waals surface area contributed by atoms with Crippen molar-refractivity contribution in [3.05, 3.63) is 59.7 Å². The SMILES string of the molecule is COc1cccc(NC(=O)c2ccc(CSC)cc2)c1. The molecule has 4 heteroatoms. The first-order valence-electron chi connectivity index (χ1n) is 6.26. The van der Waals surface area contributed by atoms with Gasteiger partial charge in [-0.3, -0.25) is 4.79 Å². The van der Waals surface area contributed by atoms with Gasteiger partial charge in [0.05, 0.1) is 7.11 Å². The van der Waals surface area contributed by atoms with Gasteiger partial charge in [-0.15, -0.1) is 0 Å². The number of rotatable bonds is 5. The average molecular weight is 287 g/mol. The Bertz CT molecular complexity index is 581. The van der Waals surface area contributed by atoms with Gasteiger partial charge in [0.25, 0.3) is 5.91 Å². The third-order valence-electron chi connectivity index (χ3n) is 2.85. The van der Waals surface area contributed by atoms with Crippen LogP contribution in [0.3, 0.4) is 0 Å². The highest BCUT2D eigenvalue weighted by molar-refractivity contribution is 7.97. The van der Waals surface area contributed by atoms with Gasteiger partial charge in [-0.2, -0.15) is 11.8 Å². The van der Waals surface area contributed by atoms with Crippen LogP contribution in [-0.4, -0.2) is 19.3 Å². The molecule has 0 unspecified atom stereocenters. The van der Waals surface area contributed by atoms with Gasteiger partial charge in [0, 0.05) is 23.1 Å². The fourth-order valence-electron chi connectivity index (χ4n) is 1.82. The van der Waals surface area contributed by atoms with Gasteiger partial charge in [-0.25, -0.2) is 0 Å². The van der Waals surface area contributed by atoms with Crippen LogP contribution >= 0.6 is 11.8 Å². The minimum absolute atomic E-state index is 0.117. The lowest BCUT2D eigenvalue weighted by Gasteiger charge is -2.07. The van der Waals surface area contributed by atoms with Gasteiger partial charge in [-0.05, 0) is 36.1 Å². The molecular formula is C16H17NO2S. The number of hydrogen-bond donors (Lipinski definition) is 1. The number of hydrogen-bond acceptors (Lipinski definition) is 3. The number of ether oxygens (including phenoxy) is 1. The summed E-state index contributed by atoms with van der Waals surface area (Å²) in [7, 11) is 1.60. The summed E-state index contributed by atoms with van der Waals surface area (Å²) in [5.74, 6) is 1.56. The number of methoxy groups -OCH3 is 1. The Morgan fingerprint density at radius 1 is 1.20 bits per heavy atom. The van der Waals surface area contributed by atoms with E-state index in [1.54, 1.807) is 24.9 Å². The van der Waals surface area contributed by atoms with Crippen LogP contribution in [-0.2, 0) is 5.75 Å². The molecule has 3 nitrogen and oxygen atoms in total. The van der Waals surface area contributed by atoms with Gasteiger partial charge in [0.15, 0.2) is 0 Å². The van der Waals surface area contributed by atoms with Crippen molar-refractivity contribution in [2.75, 3.05) is 18.7 Å². The first-order valence-corrected chi connectivity index (χ1v) is 7.65. The Labute approximate surface area is 123 Å². The Balaban J connectivity index is 2.07. The highest BCUT2D eigenvalue weighted by atomic mass is 32.2. The zero-order valence-corrected chi connectivity index (χ0v) is 12.4. The molecule has 0 spiro atoms. The highest BCUT2D eigenvalue weighted by Gasteiger charge is 2.06. The summed E-state index contributed by atoms with van der Waals surface area (Å²) in [6.07, 6.45) is 2.06. The summed E-state index contributed by atoms with van der Waals surface area (Å²) >= 11 is 1.76. The van der Waals surface area contributed by atoms with Crippen molar-refractivity contribution in [1.82, 2.24) is 0 Å². The molecule has 0 atom stereocenters. The molecule has 0 fully saturated rings. The molecule has 0 saturated carbocycles. The molecule has 0 aromatic heterocycles. The maximum Gasteiger partial charge on any atom is 0.255 e. The normalized spacial score (nSPS) is 10.1. The Morgan fingerprint density at radius 3 is 2.60 bits per heavy atom. The largest absolute Gasteiger partial charge is 0.497 e. The van der Waals surface area contributed by atoms with Gasteiger partial charge in [0.1, 0.15) is 5.75 Å². The lowest BCUT2D eigenvalue weighted by molar-refractivity contribution is 0.102. The molecule has 2 aromatic carbocycles. The van der Waals surface area contributed by atoms with Crippen LogP contribution < -0.4 is 10.1 Å². The van der Waals surface area contributed by atoms with E-state index in [9.17, 15) is 4.79 Å². The van der Waals surface area contributed by atoms with E-state index in [0.717, 1.165) is 17.2 Å². The number of carbonyl (C=O) groups is 1. The number of amides is 1. The van der Waals surface area contributed by atoms with Crippen molar-refractivity contribution in [3.63, 3.8) is 0 Å². The first-order chi connectivity index (χ1) is 9.72. The van der Waals surface area contributed by atoms with Gasteiger partial charge in [-0.1, -0.05) is 18.2 Å². The van der Waals surface area contributed by atoms with Crippen molar-refractivity contribution in [2.45, 2.75) is 5.75 Å². The molecule has 0 heterocycles. The van der Waals surface area contributed by atoms with E-state index in [0.29, 0.717) is 5.56 Å². The fraction of sp³-hybridized carbons (Fsp3) is 0.188. The molecule has 2 aromatic rings. The predicted molar refractivity (Wildman–Crippen MR) is 84.6 cm³/mol. The van der Waals surface area contributed by atoms with Crippen molar-refractivity contribution in [3.8, 4) is 5.75 Å². The number of carbonyl (C=O) groups excluding carboxylic acids is 1. The summed E-state index contributed by atoms with van der Waals surface area (Å²) in [5.41, 5.74) is 2.59. The fourth-order valence-corrected chi connectivity index (χ4v) is 2.35. The zero-order valence-electron chi connectivity index (χ0n) is 11.6. The van der Waals surface area contributed by atoms with E-state index in [4.69, 9.17) is 4.74 Å².